The molecule has 0 atom stereocenters. The van der Waals surface area contributed by atoms with Crippen LogP contribution in [0.25, 0.3) is 0 Å². The van der Waals surface area contributed by atoms with E-state index in [4.69, 9.17) is 4.74 Å². The zero-order chi connectivity index (χ0) is 11.5. The minimum Gasteiger partial charge on any atom is -0.383 e. The Labute approximate surface area is 95.2 Å². The fourth-order valence-electron chi connectivity index (χ4n) is 1.72. The molecule has 0 N–H and O–H groups in total. The number of carbonyl (C=O) groups is 1. The molecule has 2 rings (SSSR count). The van der Waals surface area contributed by atoms with Gasteiger partial charge in [-0.2, -0.15) is 4.57 Å². The average molecular weight is 224 g/mol. The fourth-order valence-corrected chi connectivity index (χ4v) is 1.72. The molecule has 1 fully saturated rings. The maximum atomic E-state index is 12.2. The van der Waals surface area contributed by atoms with Crippen molar-refractivity contribution in [3.8, 4) is 0 Å². The van der Waals surface area contributed by atoms with E-state index in [1.807, 2.05) is 22.7 Å². The Morgan fingerprint density at radius 1 is 1.62 bits per heavy atom. The van der Waals surface area contributed by atoms with E-state index in [2.05, 4.69) is 0 Å². The van der Waals surface area contributed by atoms with E-state index in [1.54, 1.807) is 24.2 Å². The van der Waals surface area contributed by atoms with Gasteiger partial charge in [-0.25, -0.2) is 9.36 Å². The highest BCUT2D eigenvalue weighted by Gasteiger charge is 2.35. The number of methoxy groups -OCH3 is 1. The summed E-state index contributed by atoms with van der Waals surface area (Å²) in [5, 5.41) is 0. The summed E-state index contributed by atoms with van der Waals surface area (Å²) in [5.41, 5.74) is 0. The molecular formula is C11H18N3O2+. The van der Waals surface area contributed by atoms with Gasteiger partial charge < -0.3 is 4.74 Å². The minimum absolute atomic E-state index is 0.0418. The first-order valence-electron chi connectivity index (χ1n) is 5.55. The van der Waals surface area contributed by atoms with Crippen molar-refractivity contribution < 1.29 is 14.1 Å². The van der Waals surface area contributed by atoms with Gasteiger partial charge in [0.05, 0.1) is 13.7 Å². The maximum Gasteiger partial charge on any atom is 0.416 e. The molecule has 1 aromatic heterocycles. The normalized spacial score (nSPS) is 15.1. The Bertz CT molecular complexity index is 371. The van der Waals surface area contributed by atoms with Gasteiger partial charge in [0.25, 0.3) is 6.33 Å². The largest absolute Gasteiger partial charge is 0.416 e. The average Bonchev–Trinajstić information content (AvgIpc) is 3.01. The molecule has 1 saturated carbocycles. The first-order valence-corrected chi connectivity index (χ1v) is 5.55. The smallest absolute Gasteiger partial charge is 0.383 e. The third-order valence-electron chi connectivity index (χ3n) is 2.76. The standard InChI is InChI=1S/C11H18N3O2/c1-12-5-6-13(9-12)11(15)14(7-8-16-2)10-3-4-10/h5-6,9-10H,3-4,7-8H2,1-2H3/q+1. The van der Waals surface area contributed by atoms with Crippen molar-refractivity contribution in [1.29, 1.82) is 0 Å². The lowest BCUT2D eigenvalue weighted by Gasteiger charge is -2.18. The van der Waals surface area contributed by atoms with E-state index in [9.17, 15) is 4.79 Å². The summed E-state index contributed by atoms with van der Waals surface area (Å²) < 4.78 is 8.51. The molecular weight excluding hydrogens is 206 g/mol. The van der Waals surface area contributed by atoms with Crippen molar-refractivity contribution in [2.24, 2.45) is 7.05 Å². The monoisotopic (exact) mass is 224 g/mol. The van der Waals surface area contributed by atoms with Crippen molar-refractivity contribution in [1.82, 2.24) is 9.47 Å². The lowest BCUT2D eigenvalue weighted by Crippen LogP contribution is -2.39. The first kappa shape index (κ1) is 11.1. The van der Waals surface area contributed by atoms with Crippen LogP contribution in [0.3, 0.4) is 0 Å². The molecule has 1 aliphatic carbocycles. The molecule has 0 aromatic carbocycles. The Hall–Kier alpha value is -1.36. The van der Waals surface area contributed by atoms with Crippen LogP contribution in [-0.4, -0.2) is 41.8 Å². The predicted octanol–water partition coefficient (Wildman–Crippen LogP) is 0.391. The molecule has 5 heteroatoms. The topological polar surface area (TPSA) is 38.4 Å². The predicted molar refractivity (Wildman–Crippen MR) is 58.0 cm³/mol. The number of hydrogen-bond donors (Lipinski definition) is 0. The molecule has 0 radical (unpaired) electrons. The van der Waals surface area contributed by atoms with E-state index in [1.165, 1.54) is 0 Å². The van der Waals surface area contributed by atoms with Gasteiger partial charge in [-0.05, 0) is 12.8 Å². The van der Waals surface area contributed by atoms with Gasteiger partial charge in [0.15, 0.2) is 0 Å². The molecule has 0 aliphatic heterocycles. The highest BCUT2D eigenvalue weighted by atomic mass is 16.5. The SMILES string of the molecule is COCCN(C(=O)n1cc[n+](C)c1)C1CC1. The van der Waals surface area contributed by atoms with Gasteiger partial charge >= 0.3 is 6.03 Å². The van der Waals surface area contributed by atoms with Crippen LogP contribution in [0.15, 0.2) is 18.7 Å². The van der Waals surface area contributed by atoms with Crippen LogP contribution >= 0.6 is 0 Å². The minimum atomic E-state index is 0.0418. The Kier molecular flexibility index (Phi) is 3.24. The number of nitrogens with zero attached hydrogens (tertiary/aromatic N) is 3. The lowest BCUT2D eigenvalue weighted by atomic mass is 10.5. The van der Waals surface area contributed by atoms with Crippen LogP contribution in [0, 0.1) is 0 Å². The molecule has 0 unspecified atom stereocenters. The molecule has 0 bridgehead atoms. The maximum absolute atomic E-state index is 12.2. The van der Waals surface area contributed by atoms with Gasteiger partial charge in [0.1, 0.15) is 12.4 Å². The van der Waals surface area contributed by atoms with Crippen molar-refractivity contribution in [3.63, 3.8) is 0 Å². The van der Waals surface area contributed by atoms with Crippen LogP contribution < -0.4 is 4.57 Å². The second kappa shape index (κ2) is 4.65. The summed E-state index contributed by atoms with van der Waals surface area (Å²) in [4.78, 5) is 14.1. The number of ether oxygens (including phenoxy) is 1. The number of carbonyl (C=O) groups excluding carboxylic acids is 1. The van der Waals surface area contributed by atoms with E-state index in [-0.39, 0.29) is 6.03 Å². The highest BCUT2D eigenvalue weighted by Crippen LogP contribution is 2.27. The molecule has 1 heterocycles. The van der Waals surface area contributed by atoms with Crippen molar-refractivity contribution in [2.45, 2.75) is 18.9 Å². The van der Waals surface area contributed by atoms with Crippen LogP contribution in [0.2, 0.25) is 0 Å². The zero-order valence-electron chi connectivity index (χ0n) is 9.80. The van der Waals surface area contributed by atoms with Gasteiger partial charge in [-0.3, -0.25) is 4.90 Å². The first-order chi connectivity index (χ1) is 7.72. The zero-order valence-corrected chi connectivity index (χ0v) is 9.80. The summed E-state index contributed by atoms with van der Waals surface area (Å²) >= 11 is 0. The second-order valence-electron chi connectivity index (χ2n) is 4.19. The molecule has 1 amide bonds. The van der Waals surface area contributed by atoms with Crippen LogP contribution in [-0.2, 0) is 11.8 Å². The Morgan fingerprint density at radius 3 is 2.88 bits per heavy atom. The number of amides is 1. The lowest BCUT2D eigenvalue weighted by molar-refractivity contribution is -0.670. The van der Waals surface area contributed by atoms with E-state index < -0.39 is 0 Å². The van der Waals surface area contributed by atoms with Crippen LogP contribution in [0.1, 0.15) is 12.8 Å². The number of rotatable bonds is 4. The number of imidazole rings is 1. The van der Waals surface area contributed by atoms with Gasteiger partial charge in [0.2, 0.25) is 0 Å². The van der Waals surface area contributed by atoms with E-state index in [0.717, 1.165) is 12.8 Å². The number of aromatic nitrogens is 2. The molecule has 0 spiro atoms. The van der Waals surface area contributed by atoms with Crippen molar-refractivity contribution in [2.75, 3.05) is 20.3 Å². The third-order valence-corrected chi connectivity index (χ3v) is 2.76. The molecule has 88 valence electrons. The Morgan fingerprint density at radius 2 is 2.38 bits per heavy atom. The fraction of sp³-hybridized carbons (Fsp3) is 0.636. The molecule has 1 aromatic rings. The van der Waals surface area contributed by atoms with Gasteiger partial charge in [0, 0.05) is 19.7 Å². The van der Waals surface area contributed by atoms with Gasteiger partial charge in [-0.15, -0.1) is 0 Å². The summed E-state index contributed by atoms with van der Waals surface area (Å²) in [6.45, 7) is 1.26. The quantitative estimate of drug-likeness (QED) is 0.694. The van der Waals surface area contributed by atoms with Crippen LogP contribution in [0.4, 0.5) is 4.79 Å². The number of hydrogen-bond acceptors (Lipinski definition) is 2. The molecule has 1 aliphatic rings. The van der Waals surface area contributed by atoms with Gasteiger partial charge in [-0.1, -0.05) is 0 Å². The summed E-state index contributed by atoms with van der Waals surface area (Å²) in [6, 6.07) is 0.454. The van der Waals surface area contributed by atoms with E-state index in [0.29, 0.717) is 19.2 Å². The Balaban J connectivity index is 2.04. The second-order valence-corrected chi connectivity index (χ2v) is 4.19. The molecule has 16 heavy (non-hydrogen) atoms. The number of aryl methyl sites for hydroxylation is 1. The third kappa shape index (κ3) is 2.41. The highest BCUT2D eigenvalue weighted by molar-refractivity contribution is 5.77. The summed E-state index contributed by atoms with van der Waals surface area (Å²) in [6.07, 6.45) is 7.65. The van der Waals surface area contributed by atoms with Crippen LogP contribution in [0.5, 0.6) is 0 Å². The van der Waals surface area contributed by atoms with Crippen molar-refractivity contribution in [3.05, 3.63) is 18.7 Å². The summed E-state index contributed by atoms with van der Waals surface area (Å²) in [7, 11) is 3.56. The van der Waals surface area contributed by atoms with E-state index >= 15 is 0 Å². The molecule has 0 saturated heterocycles. The van der Waals surface area contributed by atoms with Crippen molar-refractivity contribution >= 4 is 6.03 Å². The summed E-state index contributed by atoms with van der Waals surface area (Å²) in [5.74, 6) is 0. The molecule has 5 nitrogen and oxygen atoms in total.